The van der Waals surface area contributed by atoms with Gasteiger partial charge in [0.25, 0.3) is 5.56 Å². The molecule has 3 aromatic heterocycles. The summed E-state index contributed by atoms with van der Waals surface area (Å²) in [6.07, 6.45) is 1.53. The van der Waals surface area contributed by atoms with Crippen LogP contribution in [0.3, 0.4) is 0 Å². The highest BCUT2D eigenvalue weighted by Gasteiger charge is 2.23. The van der Waals surface area contributed by atoms with Crippen LogP contribution < -0.4 is 22.3 Å². The Kier molecular flexibility index (Phi) is 5.62. The Labute approximate surface area is 187 Å². The van der Waals surface area contributed by atoms with Crippen LogP contribution in [0.25, 0.3) is 16.6 Å². The van der Waals surface area contributed by atoms with Gasteiger partial charge in [0.15, 0.2) is 5.82 Å². The summed E-state index contributed by atoms with van der Waals surface area (Å²) in [6.45, 7) is 1.86. The number of nitrogens with zero attached hydrogens (tertiary/aromatic N) is 4. The van der Waals surface area contributed by atoms with Gasteiger partial charge >= 0.3 is 0 Å². The summed E-state index contributed by atoms with van der Waals surface area (Å²) >= 11 is 0. The number of pyridine rings is 2. The third-order valence-corrected chi connectivity index (χ3v) is 5.24. The first-order chi connectivity index (χ1) is 15.8. The zero-order valence-corrected chi connectivity index (χ0v) is 17.5. The van der Waals surface area contributed by atoms with E-state index in [1.54, 1.807) is 12.1 Å². The molecule has 8 nitrogen and oxygen atoms in total. The number of hydrogen-bond acceptors (Lipinski definition) is 7. The molecule has 0 aliphatic rings. The van der Waals surface area contributed by atoms with Crippen LogP contribution in [0.5, 0.6) is 0 Å². The number of fused-ring (bicyclic) bond motifs is 1. The second-order valence-corrected chi connectivity index (χ2v) is 7.34. The lowest BCUT2D eigenvalue weighted by Gasteiger charge is -2.23. The van der Waals surface area contributed by atoms with Crippen molar-refractivity contribution in [1.29, 1.82) is 5.26 Å². The van der Waals surface area contributed by atoms with Crippen molar-refractivity contribution in [3.05, 3.63) is 81.8 Å². The van der Waals surface area contributed by atoms with Crippen LogP contribution in [-0.2, 0) is 0 Å². The maximum atomic E-state index is 14.0. The zero-order chi connectivity index (χ0) is 23.7. The molecular formula is C23H19F2N7O. The van der Waals surface area contributed by atoms with E-state index in [1.807, 2.05) is 13.0 Å². The first-order valence-corrected chi connectivity index (χ1v) is 10.0. The molecule has 0 aliphatic heterocycles. The third kappa shape index (κ3) is 4.04. The van der Waals surface area contributed by atoms with E-state index in [2.05, 4.69) is 15.3 Å². The fourth-order valence-corrected chi connectivity index (χ4v) is 3.74. The number of halogens is 2. The molecule has 1 aromatic carbocycles. The minimum Gasteiger partial charge on any atom is -0.382 e. The second-order valence-electron chi connectivity index (χ2n) is 7.34. The molecule has 1 atom stereocenters. The van der Waals surface area contributed by atoms with Crippen LogP contribution in [-0.4, -0.2) is 14.4 Å². The number of aromatic nitrogens is 3. The first kappa shape index (κ1) is 21.7. The zero-order valence-electron chi connectivity index (χ0n) is 17.5. The van der Waals surface area contributed by atoms with Crippen LogP contribution in [0, 0.1) is 23.0 Å². The molecule has 33 heavy (non-hydrogen) atoms. The molecule has 5 N–H and O–H groups in total. The molecule has 0 amide bonds. The van der Waals surface area contributed by atoms with Crippen molar-refractivity contribution in [2.45, 2.75) is 19.4 Å². The monoisotopic (exact) mass is 447 g/mol. The van der Waals surface area contributed by atoms with Gasteiger partial charge in [-0.25, -0.2) is 8.78 Å². The largest absolute Gasteiger partial charge is 0.382 e. The summed E-state index contributed by atoms with van der Waals surface area (Å²) in [5, 5.41) is 12.6. The predicted molar refractivity (Wildman–Crippen MR) is 121 cm³/mol. The van der Waals surface area contributed by atoms with E-state index >= 15 is 0 Å². The molecule has 0 fully saturated rings. The topological polar surface area (TPSA) is 135 Å². The molecule has 0 saturated heterocycles. The Morgan fingerprint density at radius 1 is 1.15 bits per heavy atom. The van der Waals surface area contributed by atoms with Gasteiger partial charge in [0, 0.05) is 11.7 Å². The van der Waals surface area contributed by atoms with Gasteiger partial charge in [0.1, 0.15) is 29.1 Å². The van der Waals surface area contributed by atoms with Crippen molar-refractivity contribution in [3.63, 3.8) is 0 Å². The summed E-state index contributed by atoms with van der Waals surface area (Å²) in [6, 6.07) is 11.4. The van der Waals surface area contributed by atoms with Gasteiger partial charge in [0.05, 0.1) is 11.6 Å². The summed E-state index contributed by atoms with van der Waals surface area (Å²) < 4.78 is 29.1. The van der Waals surface area contributed by atoms with Crippen LogP contribution in [0.2, 0.25) is 0 Å². The number of nitrogen functional groups attached to an aromatic ring is 2. The highest BCUT2D eigenvalue weighted by Crippen LogP contribution is 2.32. The minimum absolute atomic E-state index is 0.00883. The molecule has 1 unspecified atom stereocenters. The molecule has 0 aliphatic carbocycles. The fraction of sp³-hybridized carbons (Fsp3) is 0.130. The van der Waals surface area contributed by atoms with Gasteiger partial charge in [-0.15, -0.1) is 0 Å². The van der Waals surface area contributed by atoms with E-state index in [1.165, 1.54) is 34.7 Å². The van der Waals surface area contributed by atoms with Crippen LogP contribution in [0.15, 0.2) is 53.5 Å². The number of hydrogen-bond donors (Lipinski definition) is 3. The van der Waals surface area contributed by atoms with E-state index in [-0.39, 0.29) is 28.7 Å². The lowest BCUT2D eigenvalue weighted by atomic mass is 9.94. The van der Waals surface area contributed by atoms with Crippen molar-refractivity contribution in [2.24, 2.45) is 0 Å². The van der Waals surface area contributed by atoms with Crippen molar-refractivity contribution in [2.75, 3.05) is 16.8 Å². The second kappa shape index (κ2) is 8.55. The number of nitrogens with one attached hydrogen (secondary N) is 1. The smallest absolute Gasteiger partial charge is 0.263 e. The standard InChI is InChI=1S/C23H19F2N7O/c1-2-18(29-21-17(10-26)20(27)30-23(28)31-21)16-9-15-7-6-14(25)11-32(15)22(33)19(16)12-4-3-5-13(24)8-12/h3-9,11,18H,2H2,1H3,(H5,27,28,29,30,31). The Morgan fingerprint density at radius 2 is 1.94 bits per heavy atom. The molecule has 4 aromatic rings. The van der Waals surface area contributed by atoms with Gasteiger partial charge in [0.2, 0.25) is 5.95 Å². The van der Waals surface area contributed by atoms with Crippen molar-refractivity contribution in [1.82, 2.24) is 14.4 Å². The van der Waals surface area contributed by atoms with Crippen LogP contribution in [0.4, 0.5) is 26.4 Å². The lowest BCUT2D eigenvalue weighted by molar-refractivity contribution is 0.617. The average Bonchev–Trinajstić information content (AvgIpc) is 2.77. The number of nitrogens with two attached hydrogens (primary N) is 2. The Balaban J connectivity index is 1.97. The van der Waals surface area contributed by atoms with Crippen molar-refractivity contribution in [3.8, 4) is 17.2 Å². The molecule has 10 heteroatoms. The lowest BCUT2D eigenvalue weighted by Crippen LogP contribution is -2.22. The maximum Gasteiger partial charge on any atom is 0.263 e. The van der Waals surface area contributed by atoms with Gasteiger partial charge in [-0.1, -0.05) is 19.1 Å². The molecule has 0 saturated carbocycles. The normalized spacial score (nSPS) is 11.8. The quantitative estimate of drug-likeness (QED) is 0.425. The summed E-state index contributed by atoms with van der Waals surface area (Å²) in [7, 11) is 0. The van der Waals surface area contributed by atoms with Gasteiger partial charge in [-0.2, -0.15) is 15.2 Å². The summed E-state index contributed by atoms with van der Waals surface area (Å²) in [4.78, 5) is 21.3. The van der Waals surface area contributed by atoms with Crippen molar-refractivity contribution >= 4 is 23.1 Å². The third-order valence-electron chi connectivity index (χ3n) is 5.24. The molecule has 0 radical (unpaired) electrons. The number of nitriles is 1. The molecular weight excluding hydrogens is 428 g/mol. The first-order valence-electron chi connectivity index (χ1n) is 10.0. The number of rotatable bonds is 5. The SMILES string of the molecule is CCC(Nc1nc(N)nc(N)c1C#N)c1cc2ccc(F)cn2c(=O)c1-c1cccc(F)c1. The molecule has 0 bridgehead atoms. The van der Waals surface area contributed by atoms with Crippen LogP contribution >= 0.6 is 0 Å². The fourth-order valence-electron chi connectivity index (χ4n) is 3.74. The summed E-state index contributed by atoms with van der Waals surface area (Å²) in [5.74, 6) is -1.20. The highest BCUT2D eigenvalue weighted by molar-refractivity contribution is 5.72. The van der Waals surface area contributed by atoms with Gasteiger partial charge in [-0.3, -0.25) is 9.20 Å². The highest BCUT2D eigenvalue weighted by atomic mass is 19.1. The van der Waals surface area contributed by atoms with E-state index in [0.29, 0.717) is 23.1 Å². The van der Waals surface area contributed by atoms with Gasteiger partial charge < -0.3 is 16.8 Å². The Hall–Kier alpha value is -4.52. The Bertz CT molecular complexity index is 1480. The van der Waals surface area contributed by atoms with E-state index in [9.17, 15) is 18.8 Å². The van der Waals surface area contributed by atoms with Crippen molar-refractivity contribution < 1.29 is 8.78 Å². The minimum atomic E-state index is -0.585. The number of benzene rings is 1. The molecule has 4 rings (SSSR count). The Morgan fingerprint density at radius 3 is 2.64 bits per heavy atom. The number of anilines is 3. The maximum absolute atomic E-state index is 14.0. The van der Waals surface area contributed by atoms with E-state index in [4.69, 9.17) is 11.5 Å². The molecule has 166 valence electrons. The van der Waals surface area contributed by atoms with E-state index in [0.717, 1.165) is 6.20 Å². The van der Waals surface area contributed by atoms with Gasteiger partial charge in [-0.05, 0) is 47.9 Å². The van der Waals surface area contributed by atoms with Crippen LogP contribution in [0.1, 0.15) is 30.5 Å². The average molecular weight is 447 g/mol. The molecule has 3 heterocycles. The van der Waals surface area contributed by atoms with E-state index < -0.39 is 23.2 Å². The molecule has 0 spiro atoms. The predicted octanol–water partition coefficient (Wildman–Crippen LogP) is 3.63. The summed E-state index contributed by atoms with van der Waals surface area (Å²) in [5.41, 5.74) is 12.5.